The van der Waals surface area contributed by atoms with Crippen molar-refractivity contribution in [2.45, 2.75) is 229 Å². The molecule has 118 heavy (non-hydrogen) atoms. The second-order valence-corrected chi connectivity index (χ2v) is 34.5. The van der Waals surface area contributed by atoms with Crippen LogP contribution in [0.3, 0.4) is 0 Å². The number of fused-ring (bicyclic) bond motifs is 15. The zero-order valence-electron chi connectivity index (χ0n) is 66.2. The van der Waals surface area contributed by atoms with E-state index in [2.05, 4.69) is 44.1 Å². The first-order valence-electron chi connectivity index (χ1n) is 40.3. The minimum atomic E-state index is -2.25. The van der Waals surface area contributed by atoms with E-state index in [1.807, 2.05) is 0 Å². The fourth-order valence-corrected chi connectivity index (χ4v) is 18.1. The molecule has 5 aromatic carbocycles. The van der Waals surface area contributed by atoms with Crippen LogP contribution in [-0.2, 0) is 47.8 Å². The van der Waals surface area contributed by atoms with Crippen molar-refractivity contribution in [2.24, 2.45) is 41.4 Å². The molecule has 8 amide bonds. The molecule has 1 saturated heterocycles. The van der Waals surface area contributed by atoms with Crippen LogP contribution in [-0.4, -0.2) is 173 Å². The number of phenols is 3. The Morgan fingerprint density at radius 1 is 0.644 bits per heavy atom. The molecule has 5 unspecified atom stereocenters. The van der Waals surface area contributed by atoms with Gasteiger partial charge in [-0.15, -0.1) is 0 Å². The number of carbonyl (C=O) groups excluding carboxylic acids is 10. The number of alkyl carbamates (subject to hydrolysis) is 1. The molecule has 15 rings (SSSR count). The van der Waals surface area contributed by atoms with E-state index in [1.165, 1.54) is 36.4 Å². The Labute approximate surface area is 690 Å². The molecule has 15 bridgehead atoms. The van der Waals surface area contributed by atoms with Gasteiger partial charge in [0.05, 0.1) is 28.5 Å². The smallest absolute Gasteiger partial charge is 0.408 e. The molecule has 14 atom stereocenters. The summed E-state index contributed by atoms with van der Waals surface area (Å²) >= 11 is 14.3. The molecule has 16 N–H and O–H groups in total. The zero-order valence-corrected chi connectivity index (χ0v) is 67.7. The second kappa shape index (κ2) is 37.3. The summed E-state index contributed by atoms with van der Waals surface area (Å²) in [6.45, 7) is 9.44. The molecule has 10 aliphatic rings. The van der Waals surface area contributed by atoms with Crippen LogP contribution in [0.15, 0.2) is 78.9 Å². The van der Waals surface area contributed by atoms with Crippen LogP contribution in [0.25, 0.3) is 11.1 Å². The fourth-order valence-electron chi connectivity index (χ4n) is 17.7. The van der Waals surface area contributed by atoms with Crippen molar-refractivity contribution in [3.8, 4) is 57.1 Å². The van der Waals surface area contributed by atoms with E-state index in [0.29, 0.717) is 18.3 Å². The number of aliphatic hydroxyl groups excluding tert-OH is 6. The molecular weight excluding hydrogens is 1570 g/mol. The quantitative estimate of drug-likeness (QED) is 0.0323. The highest BCUT2D eigenvalue weighted by Gasteiger charge is 2.51. The van der Waals surface area contributed by atoms with E-state index >= 15 is 28.8 Å². The van der Waals surface area contributed by atoms with Crippen LogP contribution in [0.5, 0.6) is 46.0 Å². The number of ketones is 3. The number of halogens is 2. The summed E-state index contributed by atoms with van der Waals surface area (Å²) in [5.41, 5.74) is -2.83. The van der Waals surface area contributed by atoms with Crippen LogP contribution in [0.1, 0.15) is 202 Å². The number of imide groups is 1. The van der Waals surface area contributed by atoms with Crippen LogP contribution in [0.2, 0.25) is 10.0 Å². The molecule has 5 aromatic rings. The van der Waals surface area contributed by atoms with E-state index in [4.69, 9.17) is 46.9 Å². The van der Waals surface area contributed by atoms with Crippen LogP contribution >= 0.6 is 23.2 Å². The Balaban J connectivity index is 1.04. The summed E-state index contributed by atoms with van der Waals surface area (Å²) in [6, 6.07) is 4.10. The topological polar surface area (TPSA) is 483 Å². The normalized spacial score (nSPS) is 27.7. The lowest BCUT2D eigenvalue weighted by Gasteiger charge is -2.54. The lowest BCUT2D eigenvalue weighted by molar-refractivity contribution is -0.277. The number of hydrogen-bond donors (Lipinski definition) is 16. The summed E-state index contributed by atoms with van der Waals surface area (Å²) < 4.78 is 31.0. The minimum Gasteiger partial charge on any atom is -0.508 e. The van der Waals surface area contributed by atoms with Crippen molar-refractivity contribution < 1.29 is 118 Å². The SMILES string of the molecule is CCCCCCCCNC(=O)NC(=O)C[C@@H]1CC(=O)[C@H](NC(=O)[C@@H](CC(C)C)NC(=O)OC(C)(C)C)[C@H](O)c2ccc(c(Cl)c2)Oc2cc3cc(c2OC2OC(CO)C(O)C(O)C2O)Oc2ccc(cc2Cl)[C@@H](O)[C@H]2NC(=O)[C@H](CC(=O)[C@@H]3NC1=O)c1ccc(O)c(c1)-c1c(O)cc(O)cc1[C@@H](C(=O)CC1C3CC4CC(C3)CC1C4)NC2=O. The van der Waals surface area contributed by atoms with Gasteiger partial charge >= 0.3 is 12.1 Å². The van der Waals surface area contributed by atoms with Gasteiger partial charge in [-0.1, -0.05) is 94.3 Å². The molecule has 0 aromatic heterocycles. The van der Waals surface area contributed by atoms with E-state index in [1.54, 1.807) is 34.6 Å². The number of carbonyl (C=O) groups is 10. The molecular formula is C85H103Cl2N7O24. The predicted octanol–water partition coefficient (Wildman–Crippen LogP) is 8.80. The number of phenolic OH excluding ortho intramolecular Hbond substituents is 3. The maximum atomic E-state index is 16.6. The molecule has 0 radical (unpaired) electrons. The van der Waals surface area contributed by atoms with Gasteiger partial charge in [0.2, 0.25) is 41.6 Å². The van der Waals surface area contributed by atoms with E-state index in [9.17, 15) is 65.1 Å². The van der Waals surface area contributed by atoms with Crippen molar-refractivity contribution >= 4 is 82.2 Å². The number of urea groups is 1. The maximum absolute atomic E-state index is 16.6. The van der Waals surface area contributed by atoms with Crippen molar-refractivity contribution in [2.75, 3.05) is 13.2 Å². The molecule has 4 aliphatic carbocycles. The number of amides is 8. The fraction of sp³-hybridized carbons (Fsp3) is 0.529. The Bertz CT molecular complexity index is 4620. The summed E-state index contributed by atoms with van der Waals surface area (Å²) in [6.07, 6.45) is -8.86. The van der Waals surface area contributed by atoms with Crippen molar-refractivity contribution in [1.82, 2.24) is 37.2 Å². The number of Topliss-reactive ketones (excluding diaryl/α,β-unsaturated/α-hetero) is 3. The molecule has 33 heteroatoms. The average Bonchev–Trinajstić information content (AvgIpc) is 0.761. The van der Waals surface area contributed by atoms with E-state index in [-0.39, 0.29) is 98.0 Å². The van der Waals surface area contributed by atoms with Crippen LogP contribution in [0.4, 0.5) is 9.59 Å². The lowest BCUT2D eigenvalue weighted by Crippen LogP contribution is -2.60. The van der Waals surface area contributed by atoms with Gasteiger partial charge in [0.1, 0.15) is 101 Å². The molecule has 4 saturated carbocycles. The Morgan fingerprint density at radius 3 is 1.89 bits per heavy atom. The summed E-state index contributed by atoms with van der Waals surface area (Å²) in [4.78, 5) is 152. The third-order valence-corrected chi connectivity index (χ3v) is 23.9. The zero-order chi connectivity index (χ0) is 85.0. The highest BCUT2D eigenvalue weighted by atomic mass is 35.5. The molecule has 0 spiro atoms. The van der Waals surface area contributed by atoms with Crippen LogP contribution in [0, 0.1) is 41.4 Å². The number of hydrogen-bond acceptors (Lipinski definition) is 24. The summed E-state index contributed by atoms with van der Waals surface area (Å²) in [5.74, 6) is -16.4. The second-order valence-electron chi connectivity index (χ2n) is 33.7. The van der Waals surface area contributed by atoms with Gasteiger partial charge in [-0.25, -0.2) is 9.59 Å². The Morgan fingerprint density at radius 2 is 1.27 bits per heavy atom. The first kappa shape index (κ1) is 87.6. The van der Waals surface area contributed by atoms with Gasteiger partial charge in [0, 0.05) is 49.4 Å². The number of aliphatic hydroxyl groups is 6. The Hall–Kier alpha value is -9.70. The largest absolute Gasteiger partial charge is 0.508 e. The average molecular weight is 1680 g/mol. The molecule has 5 fully saturated rings. The van der Waals surface area contributed by atoms with Crippen LogP contribution < -0.4 is 51.4 Å². The van der Waals surface area contributed by atoms with E-state index < -0.39 is 215 Å². The van der Waals surface area contributed by atoms with Crippen molar-refractivity contribution in [3.05, 3.63) is 117 Å². The van der Waals surface area contributed by atoms with E-state index in [0.717, 1.165) is 107 Å². The third kappa shape index (κ3) is 20.2. The van der Waals surface area contributed by atoms with Gasteiger partial charge in [-0.2, -0.15) is 0 Å². The predicted molar refractivity (Wildman–Crippen MR) is 424 cm³/mol. The first-order chi connectivity index (χ1) is 56.0. The Kier molecular flexibility index (Phi) is 27.7. The number of ether oxygens (including phenoxy) is 5. The lowest BCUT2D eigenvalue weighted by atomic mass is 9.51. The van der Waals surface area contributed by atoms with Gasteiger partial charge in [-0.05, 0) is 184 Å². The highest BCUT2D eigenvalue weighted by Crippen LogP contribution is 2.58. The first-order valence-corrected chi connectivity index (χ1v) is 41.0. The standard InChI is InChI=1S/C85H103Cl2N7O24/c1-7-8-9-10-11-12-19-88-83(112)90-66(102)32-47-29-58(99)70(93-80(110)55(20-38(2)3)89-84(113)118-85(4,5)6)72(103)42-14-17-61(53(86)27-42)114-63-30-46-31-64(77(63)117-82-76(107)75(106)74(105)65(37-95)116-82)115-62-18-15-43(28-54(62)87)73(104)71-81(111)92-69(60(101)35-49-44-22-39-21-40(24-44)25-45(49)23-39)52-33-48(96)34-57(98)67(52)51-26-41(13-16-56(51)97)50(79(109)94-71)36-59(100)68(46)91-78(47)108/h13-18,26-28,30-31,33-34,38-40,44-45,47,49-50,55,65,68-76,82,95-98,103-107H,7-12,19-25,29,32,35-37H2,1-6H3,(H,89,113)(H,91,108)(H,92,111)(H,93,110)(H,94,109)(H2,88,90,102,112)/t39?,40?,44?,45?,47-,49?,50+,55+,65?,68+,69-,70-,71+,72+,73+,74?,75?,76?,82?/m0/s1. The van der Waals surface area contributed by atoms with Crippen molar-refractivity contribution in [3.63, 3.8) is 0 Å². The minimum absolute atomic E-state index is 0.0724. The summed E-state index contributed by atoms with van der Waals surface area (Å²) in [7, 11) is 0. The van der Waals surface area contributed by atoms with Gasteiger partial charge < -0.3 is 102 Å². The highest BCUT2D eigenvalue weighted by molar-refractivity contribution is 6.32. The molecule has 31 nitrogen and oxygen atoms in total. The monoisotopic (exact) mass is 1680 g/mol. The molecule has 636 valence electrons. The summed E-state index contributed by atoms with van der Waals surface area (Å²) in [5, 5.41) is 123. The van der Waals surface area contributed by atoms with Gasteiger partial charge in [0.25, 0.3) is 0 Å². The molecule has 6 heterocycles. The maximum Gasteiger partial charge on any atom is 0.408 e. The van der Waals surface area contributed by atoms with Crippen molar-refractivity contribution in [1.29, 1.82) is 0 Å². The number of benzene rings is 5. The number of rotatable bonds is 20. The van der Waals surface area contributed by atoms with Gasteiger partial charge in [0.15, 0.2) is 28.8 Å². The number of unbranched alkanes of at least 4 members (excludes halogenated alkanes) is 5. The number of nitrogens with one attached hydrogen (secondary N) is 7. The molecule has 6 aliphatic heterocycles. The van der Waals surface area contributed by atoms with Gasteiger partial charge in [-0.3, -0.25) is 43.7 Å². The number of aromatic hydroxyl groups is 3. The third-order valence-electron chi connectivity index (χ3n) is 23.3.